The molecular formula is C24H27ClN6O2. The van der Waals surface area contributed by atoms with Crippen molar-refractivity contribution in [2.75, 3.05) is 25.0 Å². The molecule has 33 heavy (non-hydrogen) atoms. The van der Waals surface area contributed by atoms with Crippen LogP contribution in [0.4, 0.5) is 5.95 Å². The largest absolute Gasteiger partial charge is 0.471 e. The first kappa shape index (κ1) is 22.8. The molecule has 4 aromatic rings. The molecular weight excluding hydrogens is 440 g/mol. The smallest absolute Gasteiger partial charge is 0.276 e. The van der Waals surface area contributed by atoms with E-state index in [1.165, 1.54) is 4.68 Å². The van der Waals surface area contributed by atoms with Crippen molar-refractivity contribution in [1.82, 2.24) is 24.2 Å². The van der Waals surface area contributed by atoms with Gasteiger partial charge < -0.3 is 14.2 Å². The van der Waals surface area contributed by atoms with Gasteiger partial charge in [-0.1, -0.05) is 37.6 Å². The van der Waals surface area contributed by atoms with Crippen LogP contribution in [0.15, 0.2) is 60.8 Å². The molecule has 0 aliphatic heterocycles. The normalized spacial score (nSPS) is 11.3. The van der Waals surface area contributed by atoms with Crippen LogP contribution in [0.1, 0.15) is 24.3 Å². The lowest BCUT2D eigenvalue weighted by atomic mass is 10.3. The molecule has 0 saturated heterocycles. The van der Waals surface area contributed by atoms with E-state index in [-0.39, 0.29) is 12.6 Å². The van der Waals surface area contributed by atoms with Crippen LogP contribution < -0.4 is 10.1 Å². The number of likely N-dealkylation sites (N-methyl/N-ethyl adjacent to an activating group) is 1. The number of aromatic nitrogens is 4. The van der Waals surface area contributed by atoms with Gasteiger partial charge in [0.25, 0.3) is 5.91 Å². The molecule has 4 rings (SSSR count). The summed E-state index contributed by atoms with van der Waals surface area (Å²) in [5.74, 6) is 0.853. The van der Waals surface area contributed by atoms with Gasteiger partial charge in [-0.25, -0.2) is 9.67 Å². The summed E-state index contributed by atoms with van der Waals surface area (Å²) in [4.78, 5) is 20.1. The first-order valence-electron chi connectivity index (χ1n) is 11.0. The molecule has 0 saturated carbocycles. The van der Waals surface area contributed by atoms with E-state index in [9.17, 15) is 4.79 Å². The third kappa shape index (κ3) is 5.35. The lowest BCUT2D eigenvalue weighted by Gasteiger charge is -2.19. The molecule has 2 heterocycles. The zero-order valence-electron chi connectivity index (χ0n) is 18.7. The van der Waals surface area contributed by atoms with Crippen LogP contribution in [-0.4, -0.2) is 49.8 Å². The fourth-order valence-electron chi connectivity index (χ4n) is 3.64. The Morgan fingerprint density at radius 2 is 1.85 bits per heavy atom. The second kappa shape index (κ2) is 10.5. The average Bonchev–Trinajstić information content (AvgIpc) is 3.44. The van der Waals surface area contributed by atoms with Crippen molar-refractivity contribution in [3.05, 3.63) is 71.5 Å². The number of imidazole rings is 1. The van der Waals surface area contributed by atoms with Gasteiger partial charge in [-0.3, -0.25) is 10.1 Å². The summed E-state index contributed by atoms with van der Waals surface area (Å²) in [6, 6.07) is 16.6. The lowest BCUT2D eigenvalue weighted by Crippen LogP contribution is -2.28. The third-order valence-electron chi connectivity index (χ3n) is 5.53. The molecule has 9 heteroatoms. The van der Waals surface area contributed by atoms with Crippen LogP contribution in [0, 0.1) is 0 Å². The number of hydrogen-bond acceptors (Lipinski definition) is 5. The van der Waals surface area contributed by atoms with Gasteiger partial charge in [0.2, 0.25) is 5.95 Å². The number of nitrogens with one attached hydrogen (secondary N) is 1. The molecule has 1 amide bonds. The molecule has 0 bridgehead atoms. The standard InChI is InChI=1S/C24H27ClN6O2/c1-3-29(4-2)15-16-30-21-8-6-5-7-20(21)27-24(30)28-23(32)22-13-14-26-31(22)17-33-19-11-9-18(25)10-12-19/h5-14H,3-4,15-17H2,1-2H3,(H,27,28,32). The maximum absolute atomic E-state index is 13.1. The number of rotatable bonds is 10. The van der Waals surface area contributed by atoms with E-state index in [4.69, 9.17) is 16.3 Å². The summed E-state index contributed by atoms with van der Waals surface area (Å²) in [5, 5.41) is 7.83. The number of carbonyl (C=O) groups excluding carboxylic acids is 1. The van der Waals surface area contributed by atoms with Crippen LogP contribution in [0.2, 0.25) is 5.02 Å². The Hall–Kier alpha value is -3.36. The molecule has 172 valence electrons. The van der Waals surface area contributed by atoms with E-state index in [0.717, 1.165) is 37.2 Å². The van der Waals surface area contributed by atoms with Gasteiger partial charge in [0.05, 0.1) is 11.0 Å². The first-order valence-corrected chi connectivity index (χ1v) is 11.4. The van der Waals surface area contributed by atoms with Crippen molar-refractivity contribution in [2.45, 2.75) is 27.1 Å². The van der Waals surface area contributed by atoms with Crippen molar-refractivity contribution in [2.24, 2.45) is 0 Å². The second-order valence-corrected chi connectivity index (χ2v) is 7.94. The number of amides is 1. The number of para-hydroxylation sites is 2. The van der Waals surface area contributed by atoms with Crippen LogP contribution in [0.3, 0.4) is 0 Å². The Kier molecular flexibility index (Phi) is 7.26. The summed E-state index contributed by atoms with van der Waals surface area (Å²) in [6.45, 7) is 7.90. The fraction of sp³-hybridized carbons (Fsp3) is 0.292. The van der Waals surface area contributed by atoms with E-state index in [1.54, 1.807) is 36.5 Å². The maximum atomic E-state index is 13.1. The Labute approximate surface area is 197 Å². The molecule has 2 aromatic carbocycles. The zero-order valence-corrected chi connectivity index (χ0v) is 19.5. The van der Waals surface area contributed by atoms with Gasteiger partial charge in [0.1, 0.15) is 11.4 Å². The number of anilines is 1. The van der Waals surface area contributed by atoms with Gasteiger partial charge in [0.15, 0.2) is 6.73 Å². The summed E-state index contributed by atoms with van der Waals surface area (Å²) in [7, 11) is 0. The van der Waals surface area contributed by atoms with Crippen molar-refractivity contribution < 1.29 is 9.53 Å². The SMILES string of the molecule is CCN(CC)CCn1c(NC(=O)c2ccnn2COc2ccc(Cl)cc2)nc2ccccc21. The quantitative estimate of drug-likeness (QED) is 0.372. The van der Waals surface area contributed by atoms with Crippen LogP contribution in [-0.2, 0) is 13.3 Å². The summed E-state index contributed by atoms with van der Waals surface area (Å²) < 4.78 is 9.30. The van der Waals surface area contributed by atoms with Crippen molar-refractivity contribution in [3.8, 4) is 5.75 Å². The highest BCUT2D eigenvalue weighted by Crippen LogP contribution is 2.21. The van der Waals surface area contributed by atoms with Crippen molar-refractivity contribution in [1.29, 1.82) is 0 Å². The zero-order chi connectivity index (χ0) is 23.2. The molecule has 0 fully saturated rings. The maximum Gasteiger partial charge on any atom is 0.276 e. The number of carbonyl (C=O) groups is 1. The van der Waals surface area contributed by atoms with Crippen molar-refractivity contribution >= 4 is 34.5 Å². The Morgan fingerprint density at radius 3 is 2.61 bits per heavy atom. The number of nitrogens with zero attached hydrogens (tertiary/aromatic N) is 5. The monoisotopic (exact) mass is 466 g/mol. The van der Waals surface area contributed by atoms with Gasteiger partial charge in [0, 0.05) is 24.3 Å². The number of ether oxygens (including phenoxy) is 1. The highest BCUT2D eigenvalue weighted by atomic mass is 35.5. The molecule has 0 radical (unpaired) electrons. The van der Waals surface area contributed by atoms with Crippen LogP contribution in [0.25, 0.3) is 11.0 Å². The van der Waals surface area contributed by atoms with Gasteiger partial charge in [-0.2, -0.15) is 5.10 Å². The van der Waals surface area contributed by atoms with Gasteiger partial charge in [-0.15, -0.1) is 0 Å². The highest BCUT2D eigenvalue weighted by molar-refractivity contribution is 6.30. The van der Waals surface area contributed by atoms with E-state index >= 15 is 0 Å². The number of benzene rings is 2. The minimum absolute atomic E-state index is 0.0930. The summed E-state index contributed by atoms with van der Waals surface area (Å²) in [6.07, 6.45) is 1.57. The molecule has 0 unspecified atom stereocenters. The van der Waals surface area contributed by atoms with E-state index in [2.05, 4.69) is 38.7 Å². The minimum atomic E-state index is -0.299. The van der Waals surface area contributed by atoms with Crippen molar-refractivity contribution in [3.63, 3.8) is 0 Å². The molecule has 2 aromatic heterocycles. The molecule has 1 N–H and O–H groups in total. The molecule has 8 nitrogen and oxygen atoms in total. The summed E-state index contributed by atoms with van der Waals surface area (Å²) in [5.41, 5.74) is 2.21. The minimum Gasteiger partial charge on any atom is -0.471 e. The summed E-state index contributed by atoms with van der Waals surface area (Å²) >= 11 is 5.92. The Balaban J connectivity index is 1.51. The number of hydrogen-bond donors (Lipinski definition) is 1. The van der Waals surface area contributed by atoms with E-state index < -0.39 is 0 Å². The predicted octanol–water partition coefficient (Wildman–Crippen LogP) is 4.52. The van der Waals surface area contributed by atoms with Crippen LogP contribution >= 0.6 is 11.6 Å². The lowest BCUT2D eigenvalue weighted by molar-refractivity contribution is 0.100. The topological polar surface area (TPSA) is 77.2 Å². The molecule has 0 atom stereocenters. The number of fused-ring (bicyclic) bond motifs is 1. The number of halogens is 1. The van der Waals surface area contributed by atoms with E-state index in [1.807, 2.05) is 24.3 Å². The highest BCUT2D eigenvalue weighted by Gasteiger charge is 2.18. The fourth-order valence-corrected chi connectivity index (χ4v) is 3.77. The van der Waals surface area contributed by atoms with Gasteiger partial charge in [-0.05, 0) is 55.6 Å². The Morgan fingerprint density at radius 1 is 1.09 bits per heavy atom. The van der Waals surface area contributed by atoms with E-state index in [0.29, 0.717) is 22.4 Å². The molecule has 0 aliphatic rings. The third-order valence-corrected chi connectivity index (χ3v) is 5.78. The molecule has 0 aliphatic carbocycles. The van der Waals surface area contributed by atoms with Crippen LogP contribution in [0.5, 0.6) is 5.75 Å². The average molecular weight is 467 g/mol. The predicted molar refractivity (Wildman–Crippen MR) is 130 cm³/mol. The molecule has 0 spiro atoms. The first-order chi connectivity index (χ1) is 16.1. The second-order valence-electron chi connectivity index (χ2n) is 7.50. The Bertz CT molecular complexity index is 1210. The van der Waals surface area contributed by atoms with Gasteiger partial charge >= 0.3 is 0 Å².